The van der Waals surface area contributed by atoms with E-state index >= 15 is 0 Å². The van der Waals surface area contributed by atoms with Crippen LogP contribution in [0.1, 0.15) is 19.3 Å². The minimum atomic E-state index is -1.07. The minimum Gasteiger partial charge on any atom is -0.330 e. The lowest BCUT2D eigenvalue weighted by molar-refractivity contribution is -0.151. The lowest BCUT2D eigenvalue weighted by Gasteiger charge is -2.21. The van der Waals surface area contributed by atoms with Crippen molar-refractivity contribution in [2.45, 2.75) is 19.3 Å². The summed E-state index contributed by atoms with van der Waals surface area (Å²) in [5.74, 6) is -2.84. The Balaban J connectivity index is 2.49. The van der Waals surface area contributed by atoms with Gasteiger partial charge in [0.1, 0.15) is 0 Å². The highest BCUT2D eigenvalue weighted by molar-refractivity contribution is 6.39. The molecule has 0 saturated carbocycles. The van der Waals surface area contributed by atoms with E-state index in [-0.39, 0.29) is 18.9 Å². The molecule has 1 rings (SSSR count). The maximum absolute atomic E-state index is 11.8. The molecule has 0 aromatic carbocycles. The number of carbonyl (C=O) groups excluding carboxylic acids is 4. The molecule has 0 unspecified atom stereocenters. The molecule has 4 amide bonds. The largest absolute Gasteiger partial charge is 0.330 e. The molecule has 1 saturated heterocycles. The number of imide groups is 2. The highest BCUT2D eigenvalue weighted by Crippen LogP contribution is 2.11. The topological polar surface area (TPSA) is 122 Å². The number of hydrogen-bond acceptors (Lipinski definition) is 6. The van der Waals surface area contributed by atoms with E-state index in [1.165, 1.54) is 0 Å². The van der Waals surface area contributed by atoms with Gasteiger partial charge in [0.2, 0.25) is 12.3 Å². The molecule has 0 bridgehead atoms. The highest BCUT2D eigenvalue weighted by atomic mass is 16.2. The lowest BCUT2D eigenvalue weighted by Crippen LogP contribution is -2.48. The van der Waals surface area contributed by atoms with E-state index in [1.54, 1.807) is 0 Å². The number of piperidine rings is 1. The van der Waals surface area contributed by atoms with E-state index in [4.69, 9.17) is 5.73 Å². The molecule has 1 aliphatic rings. The van der Waals surface area contributed by atoms with Crippen molar-refractivity contribution in [1.29, 1.82) is 0 Å². The summed E-state index contributed by atoms with van der Waals surface area (Å²) in [7, 11) is 0. The minimum absolute atomic E-state index is 0.0633. The molecule has 8 heteroatoms. The van der Waals surface area contributed by atoms with Crippen molar-refractivity contribution >= 4 is 24.1 Å². The van der Waals surface area contributed by atoms with Gasteiger partial charge in [-0.05, 0) is 38.9 Å². The summed E-state index contributed by atoms with van der Waals surface area (Å²) in [6, 6.07) is 0. The van der Waals surface area contributed by atoms with E-state index < -0.39 is 17.7 Å². The smallest absolute Gasteiger partial charge is 0.318 e. The van der Waals surface area contributed by atoms with Crippen LogP contribution in [0.4, 0.5) is 0 Å². The van der Waals surface area contributed by atoms with Crippen LogP contribution in [0.3, 0.4) is 0 Å². The van der Waals surface area contributed by atoms with Crippen molar-refractivity contribution < 1.29 is 19.2 Å². The third-order valence-electron chi connectivity index (χ3n) is 3.13. The Bertz CT molecular complexity index is 380. The second-order valence-electron chi connectivity index (χ2n) is 4.59. The van der Waals surface area contributed by atoms with Crippen molar-refractivity contribution in [2.24, 2.45) is 11.7 Å². The summed E-state index contributed by atoms with van der Waals surface area (Å²) in [5.41, 5.74) is 5.27. The number of nitrogens with one attached hydrogen (secondary N) is 2. The summed E-state index contributed by atoms with van der Waals surface area (Å²) in [6.07, 6.45) is 1.92. The van der Waals surface area contributed by atoms with E-state index in [2.05, 4.69) is 10.6 Å². The summed E-state index contributed by atoms with van der Waals surface area (Å²) in [5, 5.41) is 5.15. The Hall–Kier alpha value is -1.80. The van der Waals surface area contributed by atoms with Crippen LogP contribution in [0.15, 0.2) is 0 Å². The van der Waals surface area contributed by atoms with Gasteiger partial charge in [0, 0.05) is 12.5 Å². The monoisotopic (exact) mass is 284 g/mol. The van der Waals surface area contributed by atoms with Crippen LogP contribution < -0.4 is 16.4 Å². The number of hydrogen-bond donors (Lipinski definition) is 3. The molecular weight excluding hydrogens is 264 g/mol. The summed E-state index contributed by atoms with van der Waals surface area (Å²) in [6.45, 7) is 1.77. The molecule has 0 atom stereocenters. The second-order valence-corrected chi connectivity index (χ2v) is 4.59. The molecule has 0 aliphatic carbocycles. The molecular formula is C12H20N4O4. The summed E-state index contributed by atoms with van der Waals surface area (Å²) >= 11 is 0. The van der Waals surface area contributed by atoms with Gasteiger partial charge in [0.05, 0.1) is 0 Å². The number of rotatable bonds is 5. The van der Waals surface area contributed by atoms with Gasteiger partial charge in [0.15, 0.2) is 0 Å². The zero-order valence-corrected chi connectivity index (χ0v) is 11.3. The van der Waals surface area contributed by atoms with Crippen molar-refractivity contribution in [3.63, 3.8) is 0 Å². The number of nitrogens with two attached hydrogens (primary N) is 1. The molecule has 20 heavy (non-hydrogen) atoms. The summed E-state index contributed by atoms with van der Waals surface area (Å²) < 4.78 is 0. The zero-order chi connectivity index (χ0) is 15.0. The summed E-state index contributed by atoms with van der Waals surface area (Å²) in [4.78, 5) is 46.6. The second kappa shape index (κ2) is 8.39. The van der Waals surface area contributed by atoms with Crippen LogP contribution >= 0.6 is 0 Å². The first-order chi connectivity index (χ1) is 9.60. The number of amides is 4. The Kier molecular flexibility index (Phi) is 6.82. The van der Waals surface area contributed by atoms with Crippen molar-refractivity contribution in [2.75, 3.05) is 26.2 Å². The van der Waals surface area contributed by atoms with Gasteiger partial charge in [0.25, 0.3) is 0 Å². The van der Waals surface area contributed by atoms with Crippen LogP contribution in [-0.4, -0.2) is 55.2 Å². The third-order valence-corrected chi connectivity index (χ3v) is 3.13. The fourth-order valence-electron chi connectivity index (χ4n) is 1.95. The average molecular weight is 284 g/mol. The average Bonchev–Trinajstić information content (AvgIpc) is 2.48. The zero-order valence-electron chi connectivity index (χ0n) is 11.3. The Morgan fingerprint density at radius 3 is 2.50 bits per heavy atom. The van der Waals surface area contributed by atoms with Crippen LogP contribution in [0.5, 0.6) is 0 Å². The first kappa shape index (κ1) is 16.3. The molecule has 1 heterocycles. The molecule has 0 aromatic rings. The van der Waals surface area contributed by atoms with E-state index in [0.717, 1.165) is 4.90 Å². The van der Waals surface area contributed by atoms with Gasteiger partial charge < -0.3 is 11.1 Å². The standard InChI is InChI=1S/C12H20N4O4/c13-4-1-7-16(8-17)12(20)11(19)15-10(18)9-2-5-14-6-3-9/h8-9,14H,1-7,13H2,(H,15,18,19). The fourth-order valence-corrected chi connectivity index (χ4v) is 1.95. The Morgan fingerprint density at radius 1 is 1.30 bits per heavy atom. The first-order valence-electron chi connectivity index (χ1n) is 6.62. The van der Waals surface area contributed by atoms with E-state index in [1.807, 2.05) is 0 Å². The molecule has 8 nitrogen and oxygen atoms in total. The van der Waals surface area contributed by atoms with Crippen molar-refractivity contribution in [3.05, 3.63) is 0 Å². The first-order valence-corrected chi connectivity index (χ1v) is 6.62. The van der Waals surface area contributed by atoms with Crippen LogP contribution in [0.2, 0.25) is 0 Å². The quantitative estimate of drug-likeness (QED) is 0.395. The molecule has 4 N–H and O–H groups in total. The Labute approximate surface area is 117 Å². The van der Waals surface area contributed by atoms with Gasteiger partial charge in [-0.3, -0.25) is 29.4 Å². The van der Waals surface area contributed by atoms with Crippen molar-refractivity contribution in [1.82, 2.24) is 15.5 Å². The van der Waals surface area contributed by atoms with E-state index in [9.17, 15) is 19.2 Å². The van der Waals surface area contributed by atoms with Crippen LogP contribution in [0, 0.1) is 5.92 Å². The number of nitrogens with zero attached hydrogens (tertiary/aromatic N) is 1. The maximum atomic E-state index is 11.8. The lowest BCUT2D eigenvalue weighted by atomic mass is 9.97. The Morgan fingerprint density at radius 2 is 1.95 bits per heavy atom. The fraction of sp³-hybridized carbons (Fsp3) is 0.667. The van der Waals surface area contributed by atoms with Gasteiger partial charge >= 0.3 is 11.8 Å². The highest BCUT2D eigenvalue weighted by Gasteiger charge is 2.27. The SMILES string of the molecule is NCCCN(C=O)C(=O)C(=O)NC(=O)C1CCNCC1. The predicted octanol–water partition coefficient (Wildman–Crippen LogP) is -2.04. The van der Waals surface area contributed by atoms with Gasteiger partial charge in [-0.1, -0.05) is 0 Å². The number of carbonyl (C=O) groups is 4. The predicted molar refractivity (Wildman–Crippen MR) is 70.2 cm³/mol. The molecule has 112 valence electrons. The molecule has 1 aliphatic heterocycles. The van der Waals surface area contributed by atoms with Crippen LogP contribution in [-0.2, 0) is 19.2 Å². The van der Waals surface area contributed by atoms with Crippen LogP contribution in [0.25, 0.3) is 0 Å². The molecule has 0 radical (unpaired) electrons. The van der Waals surface area contributed by atoms with Crippen molar-refractivity contribution in [3.8, 4) is 0 Å². The maximum Gasteiger partial charge on any atom is 0.318 e. The molecule has 0 spiro atoms. The van der Waals surface area contributed by atoms with Gasteiger partial charge in [-0.25, -0.2) is 0 Å². The normalized spacial score (nSPS) is 15.4. The van der Waals surface area contributed by atoms with Gasteiger partial charge in [-0.2, -0.15) is 0 Å². The van der Waals surface area contributed by atoms with E-state index in [0.29, 0.717) is 38.9 Å². The molecule has 0 aromatic heterocycles. The third kappa shape index (κ3) is 4.71. The molecule has 1 fully saturated rings. The van der Waals surface area contributed by atoms with Gasteiger partial charge in [-0.15, -0.1) is 0 Å².